The van der Waals surface area contributed by atoms with Crippen LogP contribution in [0.15, 0.2) is 49.1 Å². The molecule has 0 radical (unpaired) electrons. The third kappa shape index (κ3) is 2.68. The normalized spacial score (nSPS) is 11.9. The van der Waals surface area contributed by atoms with Crippen LogP contribution < -0.4 is 5.73 Å². The maximum atomic E-state index is 6.15. The van der Waals surface area contributed by atoms with Crippen LogP contribution in [0, 0.1) is 6.92 Å². The van der Waals surface area contributed by atoms with Gasteiger partial charge in [0, 0.05) is 6.04 Å². The van der Waals surface area contributed by atoms with Crippen LogP contribution in [0.25, 0.3) is 10.8 Å². The minimum absolute atomic E-state index is 0. The van der Waals surface area contributed by atoms with E-state index in [0.29, 0.717) is 0 Å². The molecular weight excluding hydrogens is 230 g/mol. The summed E-state index contributed by atoms with van der Waals surface area (Å²) < 4.78 is 0. The van der Waals surface area contributed by atoms with E-state index in [-0.39, 0.29) is 18.4 Å². The van der Waals surface area contributed by atoms with Crippen molar-refractivity contribution in [3.63, 3.8) is 0 Å². The summed E-state index contributed by atoms with van der Waals surface area (Å²) in [5, 5.41) is 2.55. The van der Waals surface area contributed by atoms with Gasteiger partial charge in [-0.2, -0.15) is 0 Å². The fourth-order valence-electron chi connectivity index (χ4n) is 2.10. The van der Waals surface area contributed by atoms with Crippen LogP contribution in [0.4, 0.5) is 0 Å². The predicted octanol–water partition coefficient (Wildman–Crippen LogP) is 4.15. The summed E-state index contributed by atoms with van der Waals surface area (Å²) in [6.45, 7) is 5.87. The first-order valence-corrected chi connectivity index (χ1v) is 5.58. The number of rotatable bonds is 3. The van der Waals surface area contributed by atoms with Gasteiger partial charge in [0.25, 0.3) is 0 Å². The van der Waals surface area contributed by atoms with Crippen molar-refractivity contribution in [1.29, 1.82) is 0 Å². The lowest BCUT2D eigenvalue weighted by Gasteiger charge is -2.14. The Hall–Kier alpha value is -1.31. The lowest BCUT2D eigenvalue weighted by Crippen LogP contribution is -2.09. The van der Waals surface area contributed by atoms with Gasteiger partial charge in [0.2, 0.25) is 0 Å². The van der Waals surface area contributed by atoms with Crippen molar-refractivity contribution in [2.24, 2.45) is 5.73 Å². The molecule has 1 atom stereocenters. The largest absolute Gasteiger partial charge is 0.324 e. The molecule has 0 amide bonds. The molecule has 2 aromatic carbocycles. The smallest absolute Gasteiger partial charge is 0.0335 e. The minimum atomic E-state index is 0. The number of halogens is 1. The molecule has 0 aliphatic carbocycles. The van der Waals surface area contributed by atoms with E-state index in [2.05, 4.69) is 49.9 Å². The molecule has 2 heteroatoms. The zero-order chi connectivity index (χ0) is 11.5. The predicted molar refractivity (Wildman–Crippen MR) is 77.7 cm³/mol. The first-order valence-electron chi connectivity index (χ1n) is 5.58. The number of nitrogens with two attached hydrogens (primary N) is 1. The highest BCUT2D eigenvalue weighted by molar-refractivity contribution is 5.88. The summed E-state index contributed by atoms with van der Waals surface area (Å²) in [7, 11) is 0. The monoisotopic (exact) mass is 247 g/mol. The first-order chi connectivity index (χ1) is 7.74. The van der Waals surface area contributed by atoms with Crippen molar-refractivity contribution < 1.29 is 0 Å². The van der Waals surface area contributed by atoms with Gasteiger partial charge in [-0.25, -0.2) is 0 Å². The second-order valence-corrected chi connectivity index (χ2v) is 4.15. The molecule has 90 valence electrons. The molecular formula is C15H18ClN. The van der Waals surface area contributed by atoms with E-state index in [1.54, 1.807) is 0 Å². The maximum absolute atomic E-state index is 6.15. The molecule has 0 fully saturated rings. The Morgan fingerprint density at radius 2 is 1.82 bits per heavy atom. The van der Waals surface area contributed by atoms with Crippen molar-refractivity contribution in [1.82, 2.24) is 0 Å². The zero-order valence-electron chi connectivity index (χ0n) is 10.0. The zero-order valence-corrected chi connectivity index (χ0v) is 10.8. The van der Waals surface area contributed by atoms with Crippen LogP contribution in [0.1, 0.15) is 23.6 Å². The van der Waals surface area contributed by atoms with E-state index < -0.39 is 0 Å². The van der Waals surface area contributed by atoms with E-state index in [9.17, 15) is 0 Å². The van der Waals surface area contributed by atoms with Crippen LogP contribution in [0.5, 0.6) is 0 Å². The lowest BCUT2D eigenvalue weighted by molar-refractivity contribution is 0.748. The van der Waals surface area contributed by atoms with Gasteiger partial charge in [0.1, 0.15) is 0 Å². The molecule has 0 aliphatic rings. The molecule has 2 N–H and O–H groups in total. The Morgan fingerprint density at radius 1 is 1.18 bits per heavy atom. The molecule has 0 aliphatic heterocycles. The molecule has 0 aromatic heterocycles. The summed E-state index contributed by atoms with van der Waals surface area (Å²) >= 11 is 0. The Balaban J connectivity index is 0.00000144. The molecule has 17 heavy (non-hydrogen) atoms. The Labute approximate surface area is 109 Å². The molecule has 0 spiro atoms. The van der Waals surface area contributed by atoms with E-state index in [4.69, 9.17) is 5.73 Å². The molecule has 1 nitrogen and oxygen atoms in total. The topological polar surface area (TPSA) is 26.0 Å². The second kappa shape index (κ2) is 5.85. The van der Waals surface area contributed by atoms with Crippen molar-refractivity contribution in [3.05, 3.63) is 60.2 Å². The number of aryl methyl sites for hydroxylation is 1. The molecule has 0 saturated heterocycles. The van der Waals surface area contributed by atoms with Gasteiger partial charge in [0.15, 0.2) is 0 Å². The summed E-state index contributed by atoms with van der Waals surface area (Å²) in [6, 6.07) is 12.7. The molecule has 2 rings (SSSR count). The molecule has 0 heterocycles. The number of hydrogen-bond donors (Lipinski definition) is 1. The fourth-order valence-corrected chi connectivity index (χ4v) is 2.10. The van der Waals surface area contributed by atoms with Crippen molar-refractivity contribution in [2.75, 3.05) is 0 Å². The van der Waals surface area contributed by atoms with Crippen LogP contribution in [0.2, 0.25) is 0 Å². The standard InChI is InChI=1S/C15H17N.ClH/c1-3-6-15(16)14-10-9-11(2)12-7-4-5-8-13(12)14;/h3-5,7-10,15H,1,6,16H2,2H3;1H/t15-;/m0./s1. The van der Waals surface area contributed by atoms with Crippen LogP contribution in [0.3, 0.4) is 0 Å². The van der Waals surface area contributed by atoms with Crippen LogP contribution >= 0.6 is 12.4 Å². The highest BCUT2D eigenvalue weighted by Gasteiger charge is 2.08. The average Bonchev–Trinajstić information content (AvgIpc) is 2.30. The molecule has 0 saturated carbocycles. The van der Waals surface area contributed by atoms with Gasteiger partial charge in [-0.1, -0.05) is 42.5 Å². The van der Waals surface area contributed by atoms with Gasteiger partial charge in [-0.05, 0) is 35.2 Å². The Morgan fingerprint density at radius 3 is 2.47 bits per heavy atom. The van der Waals surface area contributed by atoms with Gasteiger partial charge < -0.3 is 5.73 Å². The SMILES string of the molecule is C=CC[C@H](N)c1ccc(C)c2ccccc12.Cl. The number of fused-ring (bicyclic) bond motifs is 1. The minimum Gasteiger partial charge on any atom is -0.324 e. The Kier molecular flexibility index (Phi) is 4.73. The summed E-state index contributed by atoms with van der Waals surface area (Å²) in [5.74, 6) is 0. The van der Waals surface area contributed by atoms with E-state index in [1.165, 1.54) is 21.9 Å². The summed E-state index contributed by atoms with van der Waals surface area (Å²) in [6.07, 6.45) is 2.69. The van der Waals surface area contributed by atoms with Crippen molar-refractivity contribution >= 4 is 23.2 Å². The third-order valence-corrected chi connectivity index (χ3v) is 3.00. The molecule has 2 aromatic rings. The van der Waals surface area contributed by atoms with Crippen molar-refractivity contribution in [2.45, 2.75) is 19.4 Å². The van der Waals surface area contributed by atoms with E-state index >= 15 is 0 Å². The highest BCUT2D eigenvalue weighted by atomic mass is 35.5. The second-order valence-electron chi connectivity index (χ2n) is 4.15. The summed E-state index contributed by atoms with van der Waals surface area (Å²) in [5.41, 5.74) is 8.66. The third-order valence-electron chi connectivity index (χ3n) is 3.00. The van der Waals surface area contributed by atoms with Gasteiger partial charge >= 0.3 is 0 Å². The average molecular weight is 248 g/mol. The number of hydrogen-bond acceptors (Lipinski definition) is 1. The summed E-state index contributed by atoms with van der Waals surface area (Å²) in [4.78, 5) is 0. The Bertz CT molecular complexity index is 519. The number of benzene rings is 2. The lowest BCUT2D eigenvalue weighted by atomic mass is 9.95. The first kappa shape index (κ1) is 13.8. The molecule has 0 unspecified atom stereocenters. The van der Waals surface area contributed by atoms with Gasteiger partial charge in [-0.3, -0.25) is 0 Å². The van der Waals surface area contributed by atoms with Crippen molar-refractivity contribution in [3.8, 4) is 0 Å². The highest BCUT2D eigenvalue weighted by Crippen LogP contribution is 2.27. The molecule has 0 bridgehead atoms. The van der Waals surface area contributed by atoms with E-state index in [0.717, 1.165) is 6.42 Å². The van der Waals surface area contributed by atoms with Crippen LogP contribution in [-0.2, 0) is 0 Å². The van der Waals surface area contributed by atoms with Crippen LogP contribution in [-0.4, -0.2) is 0 Å². The quantitative estimate of drug-likeness (QED) is 0.811. The fraction of sp³-hybridized carbons (Fsp3) is 0.200. The van der Waals surface area contributed by atoms with Gasteiger partial charge in [-0.15, -0.1) is 19.0 Å². The van der Waals surface area contributed by atoms with Gasteiger partial charge in [0.05, 0.1) is 0 Å². The van der Waals surface area contributed by atoms with E-state index in [1.807, 2.05) is 6.08 Å². The maximum Gasteiger partial charge on any atom is 0.0335 e.